The molecule has 0 spiro atoms. The van der Waals surface area contributed by atoms with E-state index in [1.807, 2.05) is 11.8 Å². The van der Waals surface area contributed by atoms with E-state index in [4.69, 9.17) is 4.52 Å². The molecule has 8 heteroatoms. The average Bonchev–Trinajstić information content (AvgIpc) is 3.19. The molecule has 2 aromatic heterocycles. The van der Waals surface area contributed by atoms with Gasteiger partial charge in [0.05, 0.1) is 17.5 Å². The molecular weight excluding hydrogens is 319 g/mol. The lowest BCUT2D eigenvalue weighted by Crippen LogP contribution is -2.39. The first-order valence-electron chi connectivity index (χ1n) is 7.52. The van der Waals surface area contributed by atoms with Crippen LogP contribution < -0.4 is 5.32 Å². The van der Waals surface area contributed by atoms with Crippen LogP contribution in [-0.2, 0) is 6.54 Å². The standard InChI is InChI=1S/C15H19FN4O2S/c1-9-14(8-23-19-9)15(21)17-5-13-3-12(16)7-20(13)6-11-4-18-22-10(11)2/h4,8,12-13H,3,5-7H2,1-2H3,(H,17,21)/t12-,13-/m0/s1. The van der Waals surface area contributed by atoms with E-state index >= 15 is 0 Å². The summed E-state index contributed by atoms with van der Waals surface area (Å²) >= 11 is 1.26. The van der Waals surface area contributed by atoms with E-state index in [9.17, 15) is 9.18 Å². The second-order valence-corrected chi connectivity index (χ2v) is 6.48. The highest BCUT2D eigenvalue weighted by atomic mass is 32.1. The number of halogens is 1. The Morgan fingerprint density at radius 2 is 2.39 bits per heavy atom. The van der Waals surface area contributed by atoms with Crippen LogP contribution in [0.5, 0.6) is 0 Å². The Balaban J connectivity index is 1.60. The van der Waals surface area contributed by atoms with Gasteiger partial charge in [0.2, 0.25) is 0 Å². The maximum atomic E-state index is 13.8. The molecule has 124 valence electrons. The quantitative estimate of drug-likeness (QED) is 0.904. The van der Waals surface area contributed by atoms with E-state index in [1.165, 1.54) is 11.5 Å². The lowest BCUT2D eigenvalue weighted by molar-refractivity contribution is 0.0939. The molecule has 0 saturated carbocycles. The maximum Gasteiger partial charge on any atom is 0.254 e. The van der Waals surface area contributed by atoms with Gasteiger partial charge in [0, 0.05) is 36.6 Å². The average molecular weight is 338 g/mol. The molecule has 1 aliphatic rings. The molecule has 3 heterocycles. The SMILES string of the molecule is Cc1nscc1C(=O)NC[C@@H]1C[C@H](F)CN1Cc1cnoc1C. The van der Waals surface area contributed by atoms with Crippen molar-refractivity contribution in [3.63, 3.8) is 0 Å². The summed E-state index contributed by atoms with van der Waals surface area (Å²) in [6, 6.07) is -0.0323. The highest BCUT2D eigenvalue weighted by Crippen LogP contribution is 2.23. The van der Waals surface area contributed by atoms with Crippen molar-refractivity contribution in [2.24, 2.45) is 0 Å². The van der Waals surface area contributed by atoms with Crippen LogP contribution in [0.2, 0.25) is 0 Å². The summed E-state index contributed by atoms with van der Waals surface area (Å²) in [5.41, 5.74) is 2.26. The van der Waals surface area contributed by atoms with E-state index in [0.717, 1.165) is 17.0 Å². The van der Waals surface area contributed by atoms with Crippen LogP contribution in [0.1, 0.15) is 33.8 Å². The number of rotatable bonds is 5. The van der Waals surface area contributed by atoms with Gasteiger partial charge in [0.15, 0.2) is 0 Å². The number of hydrogen-bond acceptors (Lipinski definition) is 6. The van der Waals surface area contributed by atoms with Crippen LogP contribution in [0.3, 0.4) is 0 Å². The number of carbonyl (C=O) groups excluding carboxylic acids is 1. The minimum atomic E-state index is -0.874. The molecule has 23 heavy (non-hydrogen) atoms. The van der Waals surface area contributed by atoms with Gasteiger partial charge in [-0.2, -0.15) is 4.37 Å². The summed E-state index contributed by atoms with van der Waals surface area (Å²) in [6.45, 7) is 5.01. The summed E-state index contributed by atoms with van der Waals surface area (Å²) in [6.07, 6.45) is 1.21. The molecule has 2 aromatic rings. The second kappa shape index (κ2) is 6.76. The third-order valence-corrected chi connectivity index (χ3v) is 4.91. The number of hydrogen-bond donors (Lipinski definition) is 1. The third kappa shape index (κ3) is 3.59. The molecule has 0 bridgehead atoms. The fourth-order valence-corrected chi connectivity index (χ4v) is 3.53. The highest BCUT2D eigenvalue weighted by molar-refractivity contribution is 7.03. The van der Waals surface area contributed by atoms with Gasteiger partial charge in [-0.1, -0.05) is 5.16 Å². The largest absolute Gasteiger partial charge is 0.361 e. The molecule has 1 aliphatic heterocycles. The van der Waals surface area contributed by atoms with Crippen molar-refractivity contribution in [1.82, 2.24) is 19.7 Å². The Bertz CT molecular complexity index is 687. The predicted octanol–water partition coefficient (Wildman–Crippen LogP) is 2.09. The molecule has 0 radical (unpaired) electrons. The molecule has 1 N–H and O–H groups in total. The Morgan fingerprint density at radius 1 is 1.57 bits per heavy atom. The van der Waals surface area contributed by atoms with Gasteiger partial charge >= 0.3 is 0 Å². The van der Waals surface area contributed by atoms with Crippen molar-refractivity contribution < 1.29 is 13.7 Å². The number of nitrogens with zero attached hydrogens (tertiary/aromatic N) is 3. The van der Waals surface area contributed by atoms with E-state index in [0.29, 0.717) is 31.6 Å². The molecule has 6 nitrogen and oxygen atoms in total. The topological polar surface area (TPSA) is 71.3 Å². The van der Waals surface area contributed by atoms with Crippen LogP contribution in [0.15, 0.2) is 16.1 Å². The van der Waals surface area contributed by atoms with Crippen LogP contribution in [0.4, 0.5) is 4.39 Å². The van der Waals surface area contributed by atoms with Gasteiger partial charge in [-0.3, -0.25) is 9.69 Å². The van der Waals surface area contributed by atoms with Gasteiger partial charge < -0.3 is 9.84 Å². The van der Waals surface area contributed by atoms with Crippen molar-refractivity contribution in [2.75, 3.05) is 13.1 Å². The second-order valence-electron chi connectivity index (χ2n) is 5.85. The summed E-state index contributed by atoms with van der Waals surface area (Å²) < 4.78 is 23.0. The highest BCUT2D eigenvalue weighted by Gasteiger charge is 2.33. The molecule has 3 rings (SSSR count). The minimum absolute atomic E-state index is 0.0323. The van der Waals surface area contributed by atoms with Crippen LogP contribution in [0, 0.1) is 13.8 Å². The normalized spacial score (nSPS) is 21.7. The Morgan fingerprint density at radius 3 is 3.04 bits per heavy atom. The Labute approximate surface area is 137 Å². The molecule has 0 aromatic carbocycles. The molecule has 1 saturated heterocycles. The summed E-state index contributed by atoms with van der Waals surface area (Å²) in [5, 5.41) is 8.38. The fraction of sp³-hybridized carbons (Fsp3) is 0.533. The van der Waals surface area contributed by atoms with Crippen molar-refractivity contribution in [2.45, 2.75) is 39.0 Å². The number of alkyl halides is 1. The molecule has 2 atom stereocenters. The molecule has 1 amide bonds. The smallest absolute Gasteiger partial charge is 0.254 e. The number of aromatic nitrogens is 2. The number of aryl methyl sites for hydroxylation is 2. The summed E-state index contributed by atoms with van der Waals surface area (Å²) in [7, 11) is 0. The zero-order valence-electron chi connectivity index (χ0n) is 13.1. The van der Waals surface area contributed by atoms with Gasteiger partial charge in [0.25, 0.3) is 5.91 Å². The summed E-state index contributed by atoms with van der Waals surface area (Å²) in [5.74, 6) is 0.592. The maximum absolute atomic E-state index is 13.8. The van der Waals surface area contributed by atoms with Gasteiger partial charge in [-0.05, 0) is 31.8 Å². The van der Waals surface area contributed by atoms with Crippen molar-refractivity contribution in [3.05, 3.63) is 34.2 Å². The van der Waals surface area contributed by atoms with E-state index in [1.54, 1.807) is 18.5 Å². The number of carbonyl (C=O) groups is 1. The zero-order chi connectivity index (χ0) is 16.4. The Hall–Kier alpha value is -1.80. The fourth-order valence-electron chi connectivity index (χ4n) is 2.83. The first-order chi connectivity index (χ1) is 11.0. The number of amides is 1. The van der Waals surface area contributed by atoms with E-state index in [-0.39, 0.29) is 11.9 Å². The number of nitrogens with one attached hydrogen (secondary N) is 1. The summed E-state index contributed by atoms with van der Waals surface area (Å²) in [4.78, 5) is 14.2. The lowest BCUT2D eigenvalue weighted by atomic mass is 10.2. The van der Waals surface area contributed by atoms with Gasteiger partial charge in [-0.25, -0.2) is 4.39 Å². The molecule has 0 aliphatic carbocycles. The van der Waals surface area contributed by atoms with Crippen molar-refractivity contribution >= 4 is 17.4 Å². The first-order valence-corrected chi connectivity index (χ1v) is 8.35. The minimum Gasteiger partial charge on any atom is -0.361 e. The van der Waals surface area contributed by atoms with Crippen molar-refractivity contribution in [1.29, 1.82) is 0 Å². The monoisotopic (exact) mass is 338 g/mol. The molecule has 0 unspecified atom stereocenters. The van der Waals surface area contributed by atoms with Crippen LogP contribution >= 0.6 is 11.5 Å². The van der Waals surface area contributed by atoms with E-state index in [2.05, 4.69) is 14.8 Å². The lowest BCUT2D eigenvalue weighted by Gasteiger charge is -2.23. The van der Waals surface area contributed by atoms with Gasteiger partial charge in [0.1, 0.15) is 11.9 Å². The van der Waals surface area contributed by atoms with Crippen molar-refractivity contribution in [3.8, 4) is 0 Å². The first kappa shape index (κ1) is 16.1. The molecule has 1 fully saturated rings. The van der Waals surface area contributed by atoms with E-state index < -0.39 is 6.17 Å². The van der Waals surface area contributed by atoms with Gasteiger partial charge in [-0.15, -0.1) is 0 Å². The number of likely N-dealkylation sites (tertiary alicyclic amines) is 1. The van der Waals surface area contributed by atoms with Crippen LogP contribution in [-0.4, -0.2) is 45.6 Å². The Kier molecular flexibility index (Phi) is 4.72. The zero-order valence-corrected chi connectivity index (χ0v) is 13.9. The predicted molar refractivity (Wildman–Crippen MR) is 84.1 cm³/mol. The third-order valence-electron chi connectivity index (χ3n) is 4.19. The molecular formula is C15H19FN4O2S. The van der Waals surface area contributed by atoms with Crippen LogP contribution in [0.25, 0.3) is 0 Å².